The molecule has 0 unspecified atom stereocenters. The summed E-state index contributed by atoms with van der Waals surface area (Å²) in [7, 11) is 0. The third-order valence-corrected chi connectivity index (χ3v) is 9.77. The number of hydrogen-bond acceptors (Lipinski definition) is 1. The molecule has 2 aromatic heterocycles. The van der Waals surface area contributed by atoms with Crippen LogP contribution in [0.2, 0.25) is 0 Å². The molecule has 0 aliphatic heterocycles. The van der Waals surface area contributed by atoms with Crippen LogP contribution in [0.1, 0.15) is 0 Å². The van der Waals surface area contributed by atoms with E-state index in [0.29, 0.717) is 0 Å². The molecular formula is C45H28N2. The van der Waals surface area contributed by atoms with Gasteiger partial charge in [0, 0.05) is 39.0 Å². The lowest BCUT2D eigenvalue weighted by Gasteiger charge is -2.15. The van der Waals surface area contributed by atoms with E-state index in [1.165, 1.54) is 71.0 Å². The van der Waals surface area contributed by atoms with Crippen molar-refractivity contribution in [1.29, 1.82) is 0 Å². The summed E-state index contributed by atoms with van der Waals surface area (Å²) in [5.41, 5.74) is 9.39. The zero-order valence-electron chi connectivity index (χ0n) is 25.6. The van der Waals surface area contributed by atoms with Gasteiger partial charge in [-0.25, -0.2) is 0 Å². The van der Waals surface area contributed by atoms with Crippen LogP contribution in [0.4, 0.5) is 0 Å². The van der Waals surface area contributed by atoms with E-state index < -0.39 is 0 Å². The van der Waals surface area contributed by atoms with E-state index in [2.05, 4.69) is 175 Å². The van der Waals surface area contributed by atoms with Crippen molar-refractivity contribution in [3.8, 4) is 27.9 Å². The Labute approximate surface area is 271 Å². The highest BCUT2D eigenvalue weighted by atomic mass is 15.0. The maximum Gasteiger partial charge on any atom is 0.0708 e. The quantitative estimate of drug-likeness (QED) is 0.186. The van der Waals surface area contributed by atoms with Crippen molar-refractivity contribution < 1.29 is 0 Å². The van der Waals surface area contributed by atoms with Crippen LogP contribution in [-0.2, 0) is 0 Å². The van der Waals surface area contributed by atoms with E-state index in [-0.39, 0.29) is 0 Å². The molecule has 0 amide bonds. The molecule has 0 saturated carbocycles. The van der Waals surface area contributed by atoms with Gasteiger partial charge >= 0.3 is 0 Å². The van der Waals surface area contributed by atoms with Gasteiger partial charge in [0.1, 0.15) is 0 Å². The van der Waals surface area contributed by atoms with Crippen LogP contribution in [-0.4, -0.2) is 9.55 Å². The van der Waals surface area contributed by atoms with Gasteiger partial charge in [0.15, 0.2) is 0 Å². The highest BCUT2D eigenvalue weighted by Gasteiger charge is 2.21. The van der Waals surface area contributed by atoms with Crippen molar-refractivity contribution in [3.05, 3.63) is 170 Å². The zero-order valence-corrected chi connectivity index (χ0v) is 25.6. The molecule has 10 rings (SSSR count). The monoisotopic (exact) mass is 596 g/mol. The SMILES string of the molecule is c1ccc(-n2c3ccccc3c3c(-c4cccc(-c5cc6ccccc6c6ccccc56)c4)c4cnc5ccccc5c4cc32)cc1. The summed E-state index contributed by atoms with van der Waals surface area (Å²) >= 11 is 0. The number of nitrogens with zero attached hydrogens (tertiary/aromatic N) is 2. The van der Waals surface area contributed by atoms with Crippen molar-refractivity contribution in [1.82, 2.24) is 9.55 Å². The molecular weight excluding hydrogens is 569 g/mol. The van der Waals surface area contributed by atoms with Gasteiger partial charge in [0.05, 0.1) is 16.6 Å². The topological polar surface area (TPSA) is 17.8 Å². The molecule has 0 N–H and O–H groups in total. The molecule has 0 radical (unpaired) electrons. The standard InChI is InChI=1S/C45H28N2/c1-2-16-32(17-3-1)47-42-24-11-9-22-37(42)45-43(47)27-39-36-21-8-10-23-41(36)46-28-40(39)44(45)31-15-12-14-29(25-31)38-26-30-13-4-5-18-33(30)34-19-6-7-20-35(34)38/h1-28H. The molecule has 0 fully saturated rings. The maximum absolute atomic E-state index is 5.00. The Morgan fingerprint density at radius 1 is 0.404 bits per heavy atom. The fraction of sp³-hybridized carbons (Fsp3) is 0. The highest BCUT2D eigenvalue weighted by molar-refractivity contribution is 6.26. The first-order valence-corrected chi connectivity index (χ1v) is 16.1. The van der Waals surface area contributed by atoms with Gasteiger partial charge in [-0.15, -0.1) is 0 Å². The molecule has 2 heterocycles. The fourth-order valence-electron chi connectivity index (χ4n) is 7.74. The lowest BCUT2D eigenvalue weighted by Crippen LogP contribution is -1.94. The lowest BCUT2D eigenvalue weighted by atomic mass is 9.89. The van der Waals surface area contributed by atoms with Crippen LogP contribution in [0.15, 0.2) is 170 Å². The second-order valence-electron chi connectivity index (χ2n) is 12.3. The van der Waals surface area contributed by atoms with E-state index in [1.807, 2.05) is 0 Å². The summed E-state index contributed by atoms with van der Waals surface area (Å²) in [4.78, 5) is 5.00. The predicted molar refractivity (Wildman–Crippen MR) is 199 cm³/mol. The Kier molecular flexibility index (Phi) is 5.61. The van der Waals surface area contributed by atoms with Crippen molar-refractivity contribution in [3.63, 3.8) is 0 Å². The van der Waals surface area contributed by atoms with Gasteiger partial charge in [-0.2, -0.15) is 0 Å². The number of para-hydroxylation sites is 3. The van der Waals surface area contributed by atoms with Crippen LogP contribution in [0.5, 0.6) is 0 Å². The number of pyridine rings is 1. The third-order valence-electron chi connectivity index (χ3n) is 9.77. The molecule has 2 nitrogen and oxygen atoms in total. The van der Waals surface area contributed by atoms with Crippen molar-refractivity contribution in [2.24, 2.45) is 0 Å². The third kappa shape index (κ3) is 3.89. The van der Waals surface area contributed by atoms with E-state index in [1.54, 1.807) is 0 Å². The van der Waals surface area contributed by atoms with Gasteiger partial charge in [-0.1, -0.05) is 121 Å². The highest BCUT2D eigenvalue weighted by Crippen LogP contribution is 2.45. The molecule has 0 aliphatic carbocycles. The van der Waals surface area contributed by atoms with Gasteiger partial charge in [-0.05, 0) is 86.1 Å². The first kappa shape index (κ1) is 26.0. The second-order valence-corrected chi connectivity index (χ2v) is 12.3. The Hall–Kier alpha value is -6.25. The van der Waals surface area contributed by atoms with Gasteiger partial charge in [0.25, 0.3) is 0 Å². The fourth-order valence-corrected chi connectivity index (χ4v) is 7.74. The summed E-state index contributed by atoms with van der Waals surface area (Å²) in [6.45, 7) is 0. The number of hydrogen-bond donors (Lipinski definition) is 0. The molecule has 0 spiro atoms. The predicted octanol–water partition coefficient (Wildman–Crippen LogP) is 12.1. The van der Waals surface area contributed by atoms with Crippen LogP contribution in [0.25, 0.3) is 93.0 Å². The van der Waals surface area contributed by atoms with Gasteiger partial charge < -0.3 is 4.57 Å². The van der Waals surface area contributed by atoms with Crippen LogP contribution < -0.4 is 0 Å². The molecule has 2 heteroatoms. The molecule has 0 saturated heterocycles. The lowest BCUT2D eigenvalue weighted by molar-refractivity contribution is 1.18. The number of benzene rings is 8. The Morgan fingerprint density at radius 3 is 1.96 bits per heavy atom. The number of rotatable bonds is 3. The van der Waals surface area contributed by atoms with Crippen LogP contribution in [0.3, 0.4) is 0 Å². The first-order chi connectivity index (χ1) is 23.3. The maximum atomic E-state index is 5.00. The van der Waals surface area contributed by atoms with Crippen LogP contribution in [0, 0.1) is 0 Å². The zero-order chi connectivity index (χ0) is 30.9. The summed E-state index contributed by atoms with van der Waals surface area (Å²) < 4.78 is 2.42. The Bertz CT molecular complexity index is 2840. The van der Waals surface area contributed by atoms with E-state index in [4.69, 9.17) is 4.98 Å². The van der Waals surface area contributed by atoms with Gasteiger partial charge in [0.2, 0.25) is 0 Å². The van der Waals surface area contributed by atoms with Crippen molar-refractivity contribution in [2.75, 3.05) is 0 Å². The minimum atomic E-state index is 1.00. The molecule has 0 atom stereocenters. The molecule has 0 bridgehead atoms. The van der Waals surface area contributed by atoms with Crippen molar-refractivity contribution in [2.45, 2.75) is 0 Å². The Morgan fingerprint density at radius 2 is 1.09 bits per heavy atom. The van der Waals surface area contributed by atoms with Gasteiger partial charge in [-0.3, -0.25) is 4.98 Å². The smallest absolute Gasteiger partial charge is 0.0708 e. The average Bonchev–Trinajstić information content (AvgIpc) is 3.47. The molecule has 47 heavy (non-hydrogen) atoms. The van der Waals surface area contributed by atoms with E-state index >= 15 is 0 Å². The van der Waals surface area contributed by atoms with E-state index in [9.17, 15) is 0 Å². The molecule has 0 aliphatic rings. The van der Waals surface area contributed by atoms with Crippen molar-refractivity contribution >= 4 is 65.0 Å². The first-order valence-electron chi connectivity index (χ1n) is 16.1. The summed E-state index contributed by atoms with van der Waals surface area (Å²) in [5.74, 6) is 0. The minimum absolute atomic E-state index is 1.00. The summed E-state index contributed by atoms with van der Waals surface area (Å²) in [6, 6.07) is 59.4. The van der Waals surface area contributed by atoms with Crippen LogP contribution >= 0.6 is 0 Å². The van der Waals surface area contributed by atoms with E-state index in [0.717, 1.165) is 22.0 Å². The molecule has 8 aromatic carbocycles. The molecule has 218 valence electrons. The number of aromatic nitrogens is 2. The number of fused-ring (bicyclic) bond motifs is 9. The largest absolute Gasteiger partial charge is 0.309 e. The summed E-state index contributed by atoms with van der Waals surface area (Å²) in [5, 5.41) is 11.1. The molecule has 10 aromatic rings. The minimum Gasteiger partial charge on any atom is -0.309 e. The second kappa shape index (κ2) is 10.1. The normalized spacial score (nSPS) is 11.8. The average molecular weight is 597 g/mol. The summed E-state index contributed by atoms with van der Waals surface area (Å²) in [6.07, 6.45) is 2.08. The Balaban J connectivity index is 1.35.